The van der Waals surface area contributed by atoms with Gasteiger partial charge in [0.15, 0.2) is 0 Å². The summed E-state index contributed by atoms with van der Waals surface area (Å²) >= 11 is 0. The lowest BCUT2D eigenvalue weighted by Crippen LogP contribution is -2.29. The van der Waals surface area contributed by atoms with Crippen LogP contribution in [0.1, 0.15) is 44.2 Å². The number of benzene rings is 2. The van der Waals surface area contributed by atoms with Crippen molar-refractivity contribution in [2.24, 2.45) is 0 Å². The van der Waals surface area contributed by atoms with Crippen LogP contribution >= 0.6 is 0 Å². The number of hydrogen-bond acceptors (Lipinski definition) is 4. The van der Waals surface area contributed by atoms with Gasteiger partial charge >= 0.3 is 0 Å². The standard InChI is InChI=1S/C22H28N2O4S/c1-4-22(25)24-13-11-17-15-18(9-10-20(17)24)29(26,27)23-12-14-28-21-8-6-5-7-19(21)16(2)3/h5-10,15-16,23H,4,11-14H2,1-3H3. The van der Waals surface area contributed by atoms with Gasteiger partial charge in [-0.15, -0.1) is 0 Å². The van der Waals surface area contributed by atoms with Crippen LogP contribution in [0.4, 0.5) is 5.69 Å². The molecule has 0 fully saturated rings. The van der Waals surface area contributed by atoms with Gasteiger partial charge in [0, 0.05) is 25.2 Å². The molecule has 0 saturated heterocycles. The molecule has 2 aromatic carbocycles. The van der Waals surface area contributed by atoms with Crippen LogP contribution in [0.15, 0.2) is 47.4 Å². The van der Waals surface area contributed by atoms with Gasteiger partial charge in [0.2, 0.25) is 15.9 Å². The number of para-hydroxylation sites is 1. The van der Waals surface area contributed by atoms with Gasteiger partial charge < -0.3 is 9.64 Å². The monoisotopic (exact) mass is 416 g/mol. The molecule has 29 heavy (non-hydrogen) atoms. The number of rotatable bonds is 8. The van der Waals surface area contributed by atoms with Crippen LogP contribution in [0.25, 0.3) is 0 Å². The fourth-order valence-electron chi connectivity index (χ4n) is 3.50. The first-order valence-electron chi connectivity index (χ1n) is 9.98. The average molecular weight is 417 g/mol. The average Bonchev–Trinajstić information content (AvgIpc) is 3.14. The first-order valence-corrected chi connectivity index (χ1v) is 11.5. The third kappa shape index (κ3) is 4.79. The van der Waals surface area contributed by atoms with Gasteiger partial charge in [0.1, 0.15) is 12.4 Å². The number of carbonyl (C=O) groups excluding carboxylic acids is 1. The highest BCUT2D eigenvalue weighted by atomic mass is 32.2. The maximum atomic E-state index is 12.6. The first kappa shape index (κ1) is 21.3. The maximum absolute atomic E-state index is 12.6. The quantitative estimate of drug-likeness (QED) is 0.669. The van der Waals surface area contributed by atoms with Gasteiger partial charge in [0.25, 0.3) is 0 Å². The molecule has 0 atom stereocenters. The number of anilines is 1. The highest BCUT2D eigenvalue weighted by molar-refractivity contribution is 7.89. The summed E-state index contributed by atoms with van der Waals surface area (Å²) in [7, 11) is -3.64. The van der Waals surface area contributed by atoms with Crippen LogP contribution in [0, 0.1) is 0 Å². The second kappa shape index (κ2) is 8.97. The molecule has 156 valence electrons. The van der Waals surface area contributed by atoms with E-state index in [2.05, 4.69) is 18.6 Å². The van der Waals surface area contributed by atoms with E-state index in [0.29, 0.717) is 25.3 Å². The molecule has 0 radical (unpaired) electrons. The highest BCUT2D eigenvalue weighted by Crippen LogP contribution is 2.30. The maximum Gasteiger partial charge on any atom is 0.240 e. The van der Waals surface area contributed by atoms with Crippen molar-refractivity contribution in [2.45, 2.75) is 44.4 Å². The molecule has 6 nitrogen and oxygen atoms in total. The fraction of sp³-hybridized carbons (Fsp3) is 0.409. The van der Waals surface area contributed by atoms with E-state index in [4.69, 9.17) is 4.74 Å². The Bertz CT molecular complexity index is 986. The molecule has 0 unspecified atom stereocenters. The number of sulfonamides is 1. The molecule has 1 heterocycles. The van der Waals surface area contributed by atoms with Gasteiger partial charge in [0.05, 0.1) is 4.90 Å². The zero-order valence-electron chi connectivity index (χ0n) is 17.1. The predicted molar refractivity (Wildman–Crippen MR) is 114 cm³/mol. The van der Waals surface area contributed by atoms with Crippen LogP contribution in [0.5, 0.6) is 5.75 Å². The number of nitrogens with zero attached hydrogens (tertiary/aromatic N) is 1. The zero-order chi connectivity index (χ0) is 21.0. The number of ether oxygens (including phenoxy) is 1. The molecule has 0 aliphatic carbocycles. The molecule has 1 aliphatic heterocycles. The van der Waals surface area contributed by atoms with Crippen molar-refractivity contribution in [3.05, 3.63) is 53.6 Å². The predicted octanol–water partition coefficient (Wildman–Crippen LogP) is 3.47. The second-order valence-electron chi connectivity index (χ2n) is 7.38. The molecule has 7 heteroatoms. The lowest BCUT2D eigenvalue weighted by atomic mass is 10.0. The van der Waals surface area contributed by atoms with Crippen molar-refractivity contribution in [2.75, 3.05) is 24.6 Å². The third-order valence-corrected chi connectivity index (χ3v) is 6.51. The molecular formula is C22H28N2O4S. The summed E-state index contributed by atoms with van der Waals surface area (Å²) in [6, 6.07) is 12.7. The Labute approximate surface area is 172 Å². The molecule has 0 spiro atoms. The zero-order valence-corrected chi connectivity index (χ0v) is 18.0. The highest BCUT2D eigenvalue weighted by Gasteiger charge is 2.25. The number of amides is 1. The van der Waals surface area contributed by atoms with Crippen LogP contribution in [-0.2, 0) is 21.2 Å². The van der Waals surface area contributed by atoms with Crippen LogP contribution in [0.2, 0.25) is 0 Å². The fourth-order valence-corrected chi connectivity index (χ4v) is 4.57. The van der Waals surface area contributed by atoms with E-state index in [1.54, 1.807) is 23.1 Å². The van der Waals surface area contributed by atoms with Crippen molar-refractivity contribution >= 4 is 21.6 Å². The Hall–Kier alpha value is -2.38. The van der Waals surface area contributed by atoms with Crippen LogP contribution in [-0.4, -0.2) is 34.0 Å². The Morgan fingerprint density at radius 2 is 1.97 bits per heavy atom. The lowest BCUT2D eigenvalue weighted by molar-refractivity contribution is -0.118. The minimum atomic E-state index is -3.64. The van der Waals surface area contributed by atoms with Gasteiger partial charge in [-0.05, 0) is 47.7 Å². The Kier molecular flexibility index (Phi) is 6.59. The van der Waals surface area contributed by atoms with Gasteiger partial charge in [-0.3, -0.25) is 4.79 Å². The van der Waals surface area contributed by atoms with E-state index >= 15 is 0 Å². The number of hydrogen-bond donors (Lipinski definition) is 1. The van der Waals surface area contributed by atoms with E-state index in [9.17, 15) is 13.2 Å². The Morgan fingerprint density at radius 3 is 2.69 bits per heavy atom. The summed E-state index contributed by atoms with van der Waals surface area (Å²) in [5.74, 6) is 1.16. The van der Waals surface area contributed by atoms with Crippen molar-refractivity contribution in [3.8, 4) is 5.75 Å². The van der Waals surface area contributed by atoms with E-state index in [-0.39, 0.29) is 24.0 Å². The van der Waals surface area contributed by atoms with Gasteiger partial charge in [-0.1, -0.05) is 39.0 Å². The molecular weight excluding hydrogens is 388 g/mol. The van der Waals surface area contributed by atoms with Crippen molar-refractivity contribution in [3.63, 3.8) is 0 Å². The molecule has 3 rings (SSSR count). The number of carbonyl (C=O) groups is 1. The lowest BCUT2D eigenvalue weighted by Gasteiger charge is -2.16. The smallest absolute Gasteiger partial charge is 0.240 e. The summed E-state index contributed by atoms with van der Waals surface area (Å²) < 4.78 is 33.7. The Balaban J connectivity index is 1.62. The summed E-state index contributed by atoms with van der Waals surface area (Å²) in [6.45, 7) is 7.02. The minimum absolute atomic E-state index is 0.0521. The van der Waals surface area contributed by atoms with E-state index in [1.807, 2.05) is 31.2 Å². The van der Waals surface area contributed by atoms with E-state index < -0.39 is 10.0 Å². The number of fused-ring (bicyclic) bond motifs is 1. The molecule has 0 aromatic heterocycles. The Morgan fingerprint density at radius 1 is 1.21 bits per heavy atom. The molecule has 1 aliphatic rings. The van der Waals surface area contributed by atoms with Gasteiger partial charge in [-0.2, -0.15) is 0 Å². The minimum Gasteiger partial charge on any atom is -0.492 e. The van der Waals surface area contributed by atoms with Crippen molar-refractivity contribution < 1.29 is 17.9 Å². The SMILES string of the molecule is CCC(=O)N1CCc2cc(S(=O)(=O)NCCOc3ccccc3C(C)C)ccc21. The van der Waals surface area contributed by atoms with Crippen molar-refractivity contribution in [1.29, 1.82) is 0 Å². The topological polar surface area (TPSA) is 75.7 Å². The normalized spacial score (nSPS) is 13.6. The summed E-state index contributed by atoms with van der Waals surface area (Å²) in [6.07, 6.45) is 1.10. The molecule has 0 bridgehead atoms. The summed E-state index contributed by atoms with van der Waals surface area (Å²) in [5, 5.41) is 0. The van der Waals surface area contributed by atoms with Crippen LogP contribution in [0.3, 0.4) is 0 Å². The van der Waals surface area contributed by atoms with E-state index in [1.165, 1.54) is 0 Å². The van der Waals surface area contributed by atoms with Gasteiger partial charge in [-0.25, -0.2) is 13.1 Å². The molecule has 2 aromatic rings. The second-order valence-corrected chi connectivity index (χ2v) is 9.15. The molecule has 1 amide bonds. The first-order chi connectivity index (χ1) is 13.8. The van der Waals surface area contributed by atoms with Crippen molar-refractivity contribution in [1.82, 2.24) is 4.72 Å². The summed E-state index contributed by atoms with van der Waals surface area (Å²) in [4.78, 5) is 13.9. The summed E-state index contributed by atoms with van der Waals surface area (Å²) in [5.41, 5.74) is 2.79. The number of nitrogens with one attached hydrogen (secondary N) is 1. The van der Waals surface area contributed by atoms with Crippen LogP contribution < -0.4 is 14.4 Å². The van der Waals surface area contributed by atoms with E-state index in [0.717, 1.165) is 22.6 Å². The largest absolute Gasteiger partial charge is 0.492 e. The molecule has 0 saturated carbocycles. The third-order valence-electron chi connectivity index (χ3n) is 5.05. The molecule has 1 N–H and O–H groups in total.